The van der Waals surface area contributed by atoms with Crippen LogP contribution in [0.3, 0.4) is 0 Å². The van der Waals surface area contributed by atoms with Crippen molar-refractivity contribution in [1.29, 1.82) is 0 Å². The zero-order valence-electron chi connectivity index (χ0n) is 27.7. The second-order valence-electron chi connectivity index (χ2n) is 10.8. The summed E-state index contributed by atoms with van der Waals surface area (Å²) in [5.74, 6) is -3.33. The zero-order valence-corrected chi connectivity index (χ0v) is 34.1. The number of nitrogens with one attached hydrogen (secondary N) is 2. The number of benzene rings is 3. The van der Waals surface area contributed by atoms with Crippen LogP contribution in [-0.2, 0) is 29.3 Å². The van der Waals surface area contributed by atoms with Gasteiger partial charge < -0.3 is 25.1 Å². The first kappa shape index (κ1) is 42.5. The van der Waals surface area contributed by atoms with Gasteiger partial charge in [-0.2, -0.15) is 0 Å². The number of nitrogens with zero attached hydrogens (tertiary/aromatic N) is 2. The molecule has 2 N–H and O–H groups in total. The molecule has 3 atom stereocenters. The smallest absolute Gasteiger partial charge is 0.744 e. The van der Waals surface area contributed by atoms with Crippen molar-refractivity contribution < 1.29 is 101 Å². The summed E-state index contributed by atoms with van der Waals surface area (Å²) >= 11 is 2.41. The predicted octanol–water partition coefficient (Wildman–Crippen LogP) is -4.28. The van der Waals surface area contributed by atoms with Gasteiger partial charge in [0.15, 0.2) is 0 Å². The number of β-lactam (4-membered cyclic amide) rings is 1. The number of hydrogen-bond donors (Lipinski definition) is 2. The number of urea groups is 1. The number of carboxylic acid groups (broad SMARTS) is 1. The van der Waals surface area contributed by atoms with Gasteiger partial charge in [0.05, 0.1) is 16.6 Å². The van der Waals surface area contributed by atoms with Gasteiger partial charge in [0.2, 0.25) is 5.91 Å². The average molecular weight is 767 g/mol. The van der Waals surface area contributed by atoms with Crippen molar-refractivity contribution in [2.75, 3.05) is 18.6 Å². The van der Waals surface area contributed by atoms with E-state index in [1.54, 1.807) is 60.7 Å². The van der Waals surface area contributed by atoms with Crippen LogP contribution < -0.4 is 74.9 Å². The molecular formula is C33H28N4Na2O9S3. The number of rotatable bonds is 11. The van der Waals surface area contributed by atoms with E-state index in [9.17, 15) is 42.0 Å². The fourth-order valence-electron chi connectivity index (χ4n) is 5.00. The topological polar surface area (TPSA) is 196 Å². The van der Waals surface area contributed by atoms with E-state index < -0.39 is 62.2 Å². The van der Waals surface area contributed by atoms with Crippen LogP contribution in [0.1, 0.15) is 17.2 Å². The molecule has 0 spiro atoms. The number of likely N-dealkylation sites (N-methyl/N-ethyl adjacent to an activating group) is 1. The van der Waals surface area contributed by atoms with Crippen molar-refractivity contribution in [3.05, 3.63) is 113 Å². The summed E-state index contributed by atoms with van der Waals surface area (Å²) < 4.78 is 33.6. The Kier molecular flexibility index (Phi) is 15.6. The average Bonchev–Trinajstić information content (AvgIpc) is 3.10. The summed E-state index contributed by atoms with van der Waals surface area (Å²) in [5.41, 5.74) is 1.19. The van der Waals surface area contributed by atoms with Crippen molar-refractivity contribution in [2.24, 2.45) is 0 Å². The van der Waals surface area contributed by atoms with E-state index in [1.165, 1.54) is 48.8 Å². The van der Waals surface area contributed by atoms with Crippen LogP contribution in [0.25, 0.3) is 6.08 Å². The van der Waals surface area contributed by atoms with Gasteiger partial charge >= 0.3 is 65.1 Å². The molecule has 2 unspecified atom stereocenters. The van der Waals surface area contributed by atoms with Gasteiger partial charge in [-0.25, -0.2) is 13.2 Å². The Morgan fingerprint density at radius 2 is 1.61 bits per heavy atom. The molecule has 51 heavy (non-hydrogen) atoms. The van der Waals surface area contributed by atoms with Crippen LogP contribution in [0.2, 0.25) is 0 Å². The van der Waals surface area contributed by atoms with Crippen LogP contribution in [0.4, 0.5) is 4.79 Å². The van der Waals surface area contributed by atoms with Gasteiger partial charge in [-0.15, -0.1) is 23.5 Å². The van der Waals surface area contributed by atoms with Crippen molar-refractivity contribution >= 4 is 69.4 Å². The molecule has 13 nitrogen and oxygen atoms in total. The van der Waals surface area contributed by atoms with Crippen LogP contribution in [-0.4, -0.2) is 82.5 Å². The summed E-state index contributed by atoms with van der Waals surface area (Å²) in [6.07, 6.45) is 2.77. The predicted molar refractivity (Wildman–Crippen MR) is 178 cm³/mol. The molecule has 1 saturated heterocycles. The first-order chi connectivity index (χ1) is 23.3. The molecule has 0 aliphatic carbocycles. The second-order valence-corrected chi connectivity index (χ2v) is 14.3. The SMILES string of the molecule is CN(C(=O)C=Cc1ccccc1)C(=O)NC(C(=O)NC1C(=O)N2C(C(=O)[O-])=C(CSc3ccc(S(=O)(=O)[O-])cc3)CS[C@@H]12)c1ccccc1.[Na+].[Na+]. The van der Waals surface area contributed by atoms with E-state index >= 15 is 0 Å². The fraction of sp³-hybridized carbons (Fsp3) is 0.182. The van der Waals surface area contributed by atoms with E-state index in [4.69, 9.17) is 0 Å². The van der Waals surface area contributed by atoms with Gasteiger partial charge in [0, 0.05) is 29.5 Å². The summed E-state index contributed by atoms with van der Waals surface area (Å²) in [6.45, 7) is 0. The number of aliphatic carboxylic acids is 1. The van der Waals surface area contributed by atoms with Crippen LogP contribution in [0.5, 0.6) is 0 Å². The van der Waals surface area contributed by atoms with Gasteiger partial charge in [0.25, 0.3) is 11.8 Å². The number of amides is 5. The maximum absolute atomic E-state index is 13.6. The van der Waals surface area contributed by atoms with Crippen LogP contribution in [0, 0.1) is 0 Å². The first-order valence-electron chi connectivity index (χ1n) is 14.6. The molecular weight excluding hydrogens is 739 g/mol. The molecule has 5 rings (SSSR count). The Morgan fingerprint density at radius 1 is 1.00 bits per heavy atom. The van der Waals surface area contributed by atoms with Crippen molar-refractivity contribution in [2.45, 2.75) is 27.2 Å². The number of hydrogen-bond acceptors (Lipinski definition) is 11. The minimum absolute atomic E-state index is 0. The van der Waals surface area contributed by atoms with Crippen LogP contribution in [0.15, 0.2) is 112 Å². The Hall–Kier alpha value is -2.90. The van der Waals surface area contributed by atoms with Crippen molar-refractivity contribution in [1.82, 2.24) is 20.4 Å². The van der Waals surface area contributed by atoms with Crippen molar-refractivity contribution in [3.63, 3.8) is 0 Å². The van der Waals surface area contributed by atoms with E-state index in [-0.39, 0.29) is 76.3 Å². The Bertz CT molecular complexity index is 1950. The molecule has 2 aliphatic heterocycles. The monoisotopic (exact) mass is 766 g/mol. The molecule has 3 aromatic rings. The van der Waals surface area contributed by atoms with Crippen molar-refractivity contribution in [3.8, 4) is 0 Å². The standard InChI is InChI=1S/C33H30N4O9S3.2Na/c1-36(25(38)17-12-20-8-4-2-5-9-20)33(43)35-26(21-10-6-3-7-11-21)29(39)34-27-30(40)37-28(32(41)42)22(19-48-31(27)37)18-47-23-13-15-24(16-14-23)49(44,45)46;;/h2-17,26-27,31H,18-19H2,1H3,(H,34,39)(H,35,43)(H,41,42)(H,44,45,46);;/q;2*+1/p-2/t26?,27?,31-;;/m0../s1. The minimum Gasteiger partial charge on any atom is -0.744 e. The Morgan fingerprint density at radius 3 is 2.20 bits per heavy atom. The molecule has 5 amide bonds. The number of carbonyl (C=O) groups is 5. The van der Waals surface area contributed by atoms with Gasteiger partial charge in [0.1, 0.15) is 27.6 Å². The molecule has 1 fully saturated rings. The van der Waals surface area contributed by atoms with E-state index in [0.717, 1.165) is 27.5 Å². The number of imide groups is 1. The Balaban J connectivity index is 0.00000351. The van der Waals surface area contributed by atoms with Gasteiger partial charge in [-0.05, 0) is 47.0 Å². The molecule has 0 bridgehead atoms. The second kappa shape index (κ2) is 18.7. The van der Waals surface area contributed by atoms with E-state index in [0.29, 0.717) is 16.0 Å². The van der Waals surface area contributed by atoms with E-state index in [2.05, 4.69) is 10.6 Å². The molecule has 0 saturated carbocycles. The first-order valence-corrected chi connectivity index (χ1v) is 18.0. The summed E-state index contributed by atoms with van der Waals surface area (Å²) in [5, 5.41) is 16.6. The van der Waals surface area contributed by atoms with Crippen LogP contribution >= 0.6 is 23.5 Å². The quantitative estimate of drug-likeness (QED) is 0.0631. The number of fused-ring (bicyclic) bond motifs is 1. The summed E-state index contributed by atoms with van der Waals surface area (Å²) in [7, 11) is -3.36. The largest absolute Gasteiger partial charge is 1.00 e. The van der Waals surface area contributed by atoms with Gasteiger partial charge in [-0.1, -0.05) is 60.7 Å². The third kappa shape index (κ3) is 10.4. The maximum atomic E-state index is 13.6. The summed E-state index contributed by atoms with van der Waals surface area (Å²) in [6, 6.07) is 19.1. The number of carboxylic acids is 1. The molecule has 2 aliphatic rings. The molecule has 3 aromatic carbocycles. The molecule has 254 valence electrons. The molecule has 18 heteroatoms. The molecule has 2 heterocycles. The Labute approximate surface area is 347 Å². The summed E-state index contributed by atoms with van der Waals surface area (Å²) in [4.78, 5) is 66.9. The maximum Gasteiger partial charge on any atom is 1.00 e. The molecule has 0 aromatic heterocycles. The van der Waals surface area contributed by atoms with E-state index in [1.807, 2.05) is 6.07 Å². The normalized spacial score (nSPS) is 17.2. The third-order valence-electron chi connectivity index (χ3n) is 7.58. The molecule has 0 radical (unpaired) electrons. The minimum atomic E-state index is -4.62. The third-order valence-corrected chi connectivity index (χ3v) is 10.9. The number of thioether (sulfide) groups is 2. The fourth-order valence-corrected chi connectivity index (χ4v) is 7.85. The number of carbonyl (C=O) groups excluding carboxylic acids is 5. The zero-order chi connectivity index (χ0) is 35.3. The van der Waals surface area contributed by atoms with Gasteiger partial charge in [-0.3, -0.25) is 24.2 Å².